The quantitative estimate of drug-likeness (QED) is 0.646. The summed E-state index contributed by atoms with van der Waals surface area (Å²) < 4.78 is 48.2. The van der Waals surface area contributed by atoms with Crippen LogP contribution in [0, 0.1) is 13.8 Å². The number of nitrogens with one attached hydrogen (secondary N) is 1. The van der Waals surface area contributed by atoms with Crippen LogP contribution in [0.3, 0.4) is 0 Å². The van der Waals surface area contributed by atoms with E-state index in [4.69, 9.17) is 0 Å². The highest BCUT2D eigenvalue weighted by molar-refractivity contribution is 7.06. The summed E-state index contributed by atoms with van der Waals surface area (Å²) in [6.07, 6.45) is -3.34. The van der Waals surface area contributed by atoms with Crippen LogP contribution in [0.4, 0.5) is 23.7 Å². The van der Waals surface area contributed by atoms with E-state index in [1.165, 1.54) is 18.2 Å². The van der Waals surface area contributed by atoms with Gasteiger partial charge in [-0.1, -0.05) is 44.7 Å². The van der Waals surface area contributed by atoms with Crippen LogP contribution in [0.1, 0.15) is 31.3 Å². The second-order valence-electron chi connectivity index (χ2n) is 4.55. The van der Waals surface area contributed by atoms with Crippen molar-refractivity contribution >= 4 is 23.3 Å². The van der Waals surface area contributed by atoms with Gasteiger partial charge in [0.15, 0.2) is 0 Å². The Kier molecular flexibility index (Phi) is 9.81. The van der Waals surface area contributed by atoms with Crippen molar-refractivity contribution in [3.63, 3.8) is 0 Å². The number of hydrogen-bond donors (Lipinski definition) is 1. The number of carbonyl (C=O) groups excluding carboxylic acids is 1. The number of halogens is 3. The molecular formula is C17H23F3N2O2S. The van der Waals surface area contributed by atoms with Gasteiger partial charge in [-0.3, -0.25) is 5.32 Å². The number of rotatable bonds is 5. The second kappa shape index (κ2) is 10.7. The summed E-state index contributed by atoms with van der Waals surface area (Å²) in [6, 6.07) is 0. The smallest absolute Gasteiger partial charge is 0.429 e. The molecule has 0 spiro atoms. The molecule has 0 aliphatic rings. The molecule has 1 heterocycles. The first-order valence-electron chi connectivity index (χ1n) is 7.63. The molecule has 1 unspecified atom stereocenters. The largest absolute Gasteiger partial charge is 0.431 e. The lowest BCUT2D eigenvalue weighted by atomic mass is 10.1. The van der Waals surface area contributed by atoms with Crippen LogP contribution < -0.4 is 5.32 Å². The Labute approximate surface area is 150 Å². The number of carbonyl (C=O) groups is 1. The van der Waals surface area contributed by atoms with E-state index in [1.54, 1.807) is 20.8 Å². The molecule has 0 bridgehead atoms. The minimum Gasteiger partial charge on any atom is -0.431 e. The van der Waals surface area contributed by atoms with Crippen molar-refractivity contribution in [2.24, 2.45) is 0 Å². The second-order valence-corrected chi connectivity index (χ2v) is 5.53. The molecule has 0 aliphatic heterocycles. The molecule has 0 fully saturated rings. The number of hydrogen-bond acceptors (Lipinski definition) is 4. The van der Waals surface area contributed by atoms with Gasteiger partial charge >= 0.3 is 12.3 Å². The van der Waals surface area contributed by atoms with Crippen molar-refractivity contribution in [1.29, 1.82) is 0 Å². The first-order chi connectivity index (χ1) is 11.7. The summed E-state index contributed by atoms with van der Waals surface area (Å²) in [5.41, 5.74) is 0.659. The fourth-order valence-corrected chi connectivity index (χ4v) is 2.44. The van der Waals surface area contributed by atoms with Gasteiger partial charge in [-0.15, -0.1) is 0 Å². The van der Waals surface area contributed by atoms with Crippen molar-refractivity contribution in [3.05, 3.63) is 47.0 Å². The fraction of sp³-hybridized carbons (Fsp3) is 0.412. The molecule has 25 heavy (non-hydrogen) atoms. The summed E-state index contributed by atoms with van der Waals surface area (Å²) in [6.45, 7) is 12.3. The predicted molar refractivity (Wildman–Crippen MR) is 96.0 cm³/mol. The van der Waals surface area contributed by atoms with Crippen LogP contribution in [0.15, 0.2) is 36.5 Å². The van der Waals surface area contributed by atoms with Crippen LogP contribution in [-0.4, -0.2) is 22.7 Å². The highest BCUT2D eigenvalue weighted by atomic mass is 32.1. The van der Waals surface area contributed by atoms with E-state index in [9.17, 15) is 18.0 Å². The molecular weight excluding hydrogens is 353 g/mol. The number of nitrogens with zero attached hydrogens (tertiary/aromatic N) is 1. The van der Waals surface area contributed by atoms with Gasteiger partial charge in [-0.2, -0.15) is 17.5 Å². The average molecular weight is 376 g/mol. The molecule has 1 rings (SSSR count). The summed E-state index contributed by atoms with van der Waals surface area (Å²) in [5, 5.41) is 2.31. The number of aryl methyl sites for hydroxylation is 2. The lowest BCUT2D eigenvalue weighted by molar-refractivity contribution is -0.189. The summed E-state index contributed by atoms with van der Waals surface area (Å²) in [5.74, 6) is 0. The predicted octanol–water partition coefficient (Wildman–Crippen LogP) is 5.95. The third-order valence-corrected chi connectivity index (χ3v) is 3.60. The van der Waals surface area contributed by atoms with E-state index < -0.39 is 18.4 Å². The topological polar surface area (TPSA) is 51.2 Å². The van der Waals surface area contributed by atoms with E-state index in [-0.39, 0.29) is 5.57 Å². The molecule has 1 aromatic rings. The van der Waals surface area contributed by atoms with E-state index in [0.29, 0.717) is 16.3 Å². The Morgan fingerprint density at radius 3 is 2.36 bits per heavy atom. The van der Waals surface area contributed by atoms with Gasteiger partial charge in [0.1, 0.15) is 0 Å². The van der Waals surface area contributed by atoms with E-state index >= 15 is 0 Å². The lowest BCUT2D eigenvalue weighted by Gasteiger charge is -2.22. The van der Waals surface area contributed by atoms with Gasteiger partial charge in [-0.05, 0) is 32.3 Å². The fourth-order valence-electron chi connectivity index (χ4n) is 1.78. The first-order valence-corrected chi connectivity index (χ1v) is 8.40. The molecule has 140 valence electrons. The molecule has 0 radical (unpaired) electrons. The van der Waals surface area contributed by atoms with Crippen molar-refractivity contribution in [2.75, 3.05) is 5.32 Å². The maximum atomic E-state index is 13.2. The summed E-state index contributed by atoms with van der Waals surface area (Å²) >= 11 is 1.14. The monoisotopic (exact) mass is 376 g/mol. The molecule has 1 N–H and O–H groups in total. The Bertz CT molecular complexity index is 615. The highest BCUT2D eigenvalue weighted by Gasteiger charge is 2.44. The average Bonchev–Trinajstić information content (AvgIpc) is 2.85. The Morgan fingerprint density at radius 1 is 1.36 bits per heavy atom. The number of aromatic nitrogens is 1. The van der Waals surface area contributed by atoms with Crippen molar-refractivity contribution < 1.29 is 22.7 Å². The Morgan fingerprint density at radius 2 is 1.96 bits per heavy atom. The molecule has 0 aliphatic carbocycles. The molecule has 1 atom stereocenters. The van der Waals surface area contributed by atoms with Gasteiger partial charge in [0.2, 0.25) is 6.10 Å². The maximum absolute atomic E-state index is 13.2. The zero-order valence-electron chi connectivity index (χ0n) is 14.9. The number of alkyl halides is 3. The Hall–Kier alpha value is -2.09. The zero-order chi connectivity index (χ0) is 19.6. The summed E-state index contributed by atoms with van der Waals surface area (Å²) in [7, 11) is 0. The van der Waals surface area contributed by atoms with Gasteiger partial charge < -0.3 is 4.74 Å². The molecule has 1 amide bonds. The minimum atomic E-state index is -4.75. The van der Waals surface area contributed by atoms with Crippen molar-refractivity contribution in [1.82, 2.24) is 4.37 Å². The van der Waals surface area contributed by atoms with Gasteiger partial charge in [0.05, 0.1) is 11.4 Å². The van der Waals surface area contributed by atoms with Crippen LogP contribution in [0.2, 0.25) is 0 Å². The van der Waals surface area contributed by atoms with Gasteiger partial charge in [0, 0.05) is 10.5 Å². The van der Waals surface area contributed by atoms with Gasteiger partial charge in [-0.25, -0.2) is 4.79 Å². The lowest BCUT2D eigenvalue weighted by Crippen LogP contribution is -2.36. The van der Waals surface area contributed by atoms with Crippen LogP contribution in [0.5, 0.6) is 0 Å². The minimum absolute atomic E-state index is 0.220. The van der Waals surface area contributed by atoms with Crippen LogP contribution in [-0.2, 0) is 4.74 Å². The maximum Gasteiger partial charge on any atom is 0.429 e. The normalized spacial score (nSPS) is 13.0. The Balaban J connectivity index is 0.00000277. The third-order valence-electron chi connectivity index (χ3n) is 2.75. The number of ether oxygens (including phenoxy) is 1. The first kappa shape index (κ1) is 22.9. The van der Waals surface area contributed by atoms with Crippen LogP contribution >= 0.6 is 11.5 Å². The molecule has 4 nitrogen and oxygen atoms in total. The van der Waals surface area contributed by atoms with Crippen molar-refractivity contribution in [2.45, 2.75) is 46.9 Å². The van der Waals surface area contributed by atoms with E-state index in [2.05, 4.69) is 21.0 Å². The van der Waals surface area contributed by atoms with Gasteiger partial charge in [0.25, 0.3) is 0 Å². The SMILES string of the molecule is C=C/C=C(\C=C/C)C(OC(=O)Nc1c(C)nsc1C)C(F)(F)F.CC. The molecule has 0 saturated carbocycles. The third kappa shape index (κ3) is 7.13. The molecule has 1 aromatic heterocycles. The standard InChI is InChI=1S/C15H17F3N2O2S.C2H6/c1-5-7-11(8-6-2)13(15(16,17)18)22-14(21)19-12-9(3)20-23-10(12)4;1-2/h5-8,13H,1H2,2-4H3,(H,19,21);1-2H3/b8-6-,11-7+;. The molecule has 0 aromatic carbocycles. The van der Waals surface area contributed by atoms with Crippen molar-refractivity contribution in [3.8, 4) is 0 Å². The van der Waals surface area contributed by atoms with Crippen LogP contribution in [0.25, 0.3) is 0 Å². The van der Waals surface area contributed by atoms with E-state index in [0.717, 1.165) is 17.6 Å². The molecule has 0 saturated heterocycles. The number of anilines is 1. The number of allylic oxidation sites excluding steroid dienone is 3. The molecule has 8 heteroatoms. The zero-order valence-corrected chi connectivity index (χ0v) is 15.7. The summed E-state index contributed by atoms with van der Waals surface area (Å²) in [4.78, 5) is 12.5. The number of amides is 1. The highest BCUT2D eigenvalue weighted by Crippen LogP contribution is 2.30. The van der Waals surface area contributed by atoms with E-state index in [1.807, 2.05) is 13.8 Å².